The fourth-order valence-electron chi connectivity index (χ4n) is 2.36. The molecule has 0 aromatic heterocycles. The second kappa shape index (κ2) is 10.1. The quantitative estimate of drug-likeness (QED) is 0.636. The van der Waals surface area contributed by atoms with Crippen LogP contribution in [0.2, 0.25) is 0 Å². The molecule has 0 saturated carbocycles. The molecule has 0 unspecified atom stereocenters. The van der Waals surface area contributed by atoms with E-state index in [-0.39, 0.29) is 12.3 Å². The van der Waals surface area contributed by atoms with Crippen LogP contribution < -0.4 is 14.8 Å². The van der Waals surface area contributed by atoms with Gasteiger partial charge in [0.1, 0.15) is 11.5 Å². The van der Waals surface area contributed by atoms with Gasteiger partial charge in [-0.1, -0.05) is 12.1 Å². The lowest BCUT2D eigenvalue weighted by Gasteiger charge is -2.08. The first-order valence-electron chi connectivity index (χ1n) is 8.44. The van der Waals surface area contributed by atoms with Crippen LogP contribution in [-0.4, -0.2) is 30.7 Å². The summed E-state index contributed by atoms with van der Waals surface area (Å²) in [5.74, 6) is 0.523. The van der Waals surface area contributed by atoms with Crippen molar-refractivity contribution in [3.8, 4) is 11.5 Å². The molecule has 0 spiro atoms. The molecule has 0 fully saturated rings. The number of methoxy groups -OCH3 is 1. The molecular weight excluding hydrogens is 334 g/mol. The highest BCUT2D eigenvalue weighted by molar-refractivity contribution is 5.90. The lowest BCUT2D eigenvalue weighted by atomic mass is 10.1. The van der Waals surface area contributed by atoms with Crippen molar-refractivity contribution >= 4 is 17.6 Å². The Labute approximate surface area is 152 Å². The molecule has 6 heteroatoms. The van der Waals surface area contributed by atoms with E-state index in [9.17, 15) is 9.59 Å². The minimum atomic E-state index is -0.833. The molecule has 0 aliphatic rings. The van der Waals surface area contributed by atoms with Crippen molar-refractivity contribution in [3.63, 3.8) is 0 Å². The predicted octanol–water partition coefficient (Wildman–Crippen LogP) is 3.51. The maximum absolute atomic E-state index is 12.1. The van der Waals surface area contributed by atoms with E-state index >= 15 is 0 Å². The molecule has 0 heterocycles. The smallest absolute Gasteiger partial charge is 0.303 e. The molecule has 2 aromatic rings. The van der Waals surface area contributed by atoms with E-state index in [0.29, 0.717) is 37.3 Å². The zero-order valence-electron chi connectivity index (χ0n) is 14.7. The molecule has 138 valence electrons. The SMILES string of the molecule is COc1cccc(CCC(=O)Nc2ccc(OCCCC(=O)O)cc2)c1. The lowest BCUT2D eigenvalue weighted by molar-refractivity contribution is -0.137. The lowest BCUT2D eigenvalue weighted by Crippen LogP contribution is -2.12. The van der Waals surface area contributed by atoms with Gasteiger partial charge in [-0.15, -0.1) is 0 Å². The number of aryl methyl sites for hydroxylation is 1. The summed E-state index contributed by atoms with van der Waals surface area (Å²) in [4.78, 5) is 22.5. The van der Waals surface area contributed by atoms with Gasteiger partial charge in [-0.3, -0.25) is 9.59 Å². The number of rotatable bonds is 10. The Bertz CT molecular complexity index is 727. The van der Waals surface area contributed by atoms with Crippen molar-refractivity contribution in [2.45, 2.75) is 25.7 Å². The highest BCUT2D eigenvalue weighted by Gasteiger charge is 2.05. The summed E-state index contributed by atoms with van der Waals surface area (Å²) in [5.41, 5.74) is 1.74. The van der Waals surface area contributed by atoms with Crippen LogP contribution in [-0.2, 0) is 16.0 Å². The third-order valence-electron chi connectivity index (χ3n) is 3.72. The first kappa shape index (κ1) is 19.3. The summed E-state index contributed by atoms with van der Waals surface area (Å²) in [6.45, 7) is 0.346. The summed E-state index contributed by atoms with van der Waals surface area (Å²) in [6, 6.07) is 14.7. The molecule has 0 bridgehead atoms. The van der Waals surface area contributed by atoms with E-state index in [1.54, 1.807) is 31.4 Å². The van der Waals surface area contributed by atoms with Crippen molar-refractivity contribution in [1.29, 1.82) is 0 Å². The molecule has 0 radical (unpaired) electrons. The minimum absolute atomic E-state index is 0.0667. The Morgan fingerprint density at radius 2 is 1.81 bits per heavy atom. The number of nitrogens with one attached hydrogen (secondary N) is 1. The van der Waals surface area contributed by atoms with Gasteiger partial charge in [-0.05, 0) is 54.8 Å². The third kappa shape index (κ3) is 6.84. The van der Waals surface area contributed by atoms with Gasteiger partial charge in [0, 0.05) is 18.5 Å². The molecule has 2 aromatic carbocycles. The molecule has 0 atom stereocenters. The average Bonchev–Trinajstić information content (AvgIpc) is 2.65. The third-order valence-corrected chi connectivity index (χ3v) is 3.72. The first-order chi connectivity index (χ1) is 12.6. The van der Waals surface area contributed by atoms with Gasteiger partial charge in [0.25, 0.3) is 0 Å². The van der Waals surface area contributed by atoms with Crippen LogP contribution in [0.1, 0.15) is 24.8 Å². The van der Waals surface area contributed by atoms with Crippen LogP contribution in [0.15, 0.2) is 48.5 Å². The van der Waals surface area contributed by atoms with Crippen molar-refractivity contribution in [2.24, 2.45) is 0 Å². The molecule has 6 nitrogen and oxygen atoms in total. The Morgan fingerprint density at radius 1 is 1.04 bits per heavy atom. The van der Waals surface area contributed by atoms with Gasteiger partial charge >= 0.3 is 5.97 Å². The summed E-state index contributed by atoms with van der Waals surface area (Å²) < 4.78 is 10.6. The summed E-state index contributed by atoms with van der Waals surface area (Å²) in [6.07, 6.45) is 1.55. The molecule has 0 aliphatic carbocycles. The molecule has 0 aliphatic heterocycles. The van der Waals surface area contributed by atoms with Gasteiger partial charge in [0.2, 0.25) is 5.91 Å². The highest BCUT2D eigenvalue weighted by atomic mass is 16.5. The van der Waals surface area contributed by atoms with Crippen molar-refractivity contribution in [3.05, 3.63) is 54.1 Å². The standard InChI is InChI=1S/C20H23NO5/c1-25-18-5-2-4-15(14-18)7-12-19(22)21-16-8-10-17(11-9-16)26-13-3-6-20(23)24/h2,4-5,8-11,14H,3,6-7,12-13H2,1H3,(H,21,22)(H,23,24). The predicted molar refractivity (Wildman–Crippen MR) is 98.8 cm³/mol. The van der Waals surface area contributed by atoms with E-state index in [1.807, 2.05) is 24.3 Å². The number of aliphatic carboxylic acids is 1. The second-order valence-corrected chi connectivity index (χ2v) is 5.77. The summed E-state index contributed by atoms with van der Waals surface area (Å²) in [5, 5.41) is 11.4. The van der Waals surface area contributed by atoms with Crippen LogP contribution in [0.5, 0.6) is 11.5 Å². The maximum Gasteiger partial charge on any atom is 0.303 e. The monoisotopic (exact) mass is 357 g/mol. The molecule has 26 heavy (non-hydrogen) atoms. The van der Waals surface area contributed by atoms with E-state index < -0.39 is 5.97 Å². The topological polar surface area (TPSA) is 84.9 Å². The van der Waals surface area contributed by atoms with Crippen molar-refractivity contribution < 1.29 is 24.2 Å². The number of carbonyl (C=O) groups is 2. The van der Waals surface area contributed by atoms with Crippen LogP contribution >= 0.6 is 0 Å². The van der Waals surface area contributed by atoms with Crippen molar-refractivity contribution in [2.75, 3.05) is 19.0 Å². The van der Waals surface area contributed by atoms with E-state index in [1.165, 1.54) is 0 Å². The zero-order chi connectivity index (χ0) is 18.8. The summed E-state index contributed by atoms with van der Waals surface area (Å²) >= 11 is 0. The van der Waals surface area contributed by atoms with Gasteiger partial charge in [-0.25, -0.2) is 0 Å². The van der Waals surface area contributed by atoms with Gasteiger partial charge in [0.05, 0.1) is 13.7 Å². The molecular formula is C20H23NO5. The van der Waals surface area contributed by atoms with Gasteiger partial charge in [-0.2, -0.15) is 0 Å². The Balaban J connectivity index is 1.75. The fraction of sp³-hybridized carbons (Fsp3) is 0.300. The number of carboxylic acids is 1. The number of carboxylic acid groups (broad SMARTS) is 1. The molecule has 2 N–H and O–H groups in total. The molecule has 0 saturated heterocycles. The molecule has 2 rings (SSSR count). The fourth-order valence-corrected chi connectivity index (χ4v) is 2.36. The number of benzene rings is 2. The maximum atomic E-state index is 12.1. The number of hydrogen-bond donors (Lipinski definition) is 2. The van der Waals surface area contributed by atoms with Gasteiger partial charge in [0.15, 0.2) is 0 Å². The number of hydrogen-bond acceptors (Lipinski definition) is 4. The largest absolute Gasteiger partial charge is 0.497 e. The Morgan fingerprint density at radius 3 is 2.50 bits per heavy atom. The van der Waals surface area contributed by atoms with Gasteiger partial charge < -0.3 is 19.9 Å². The number of anilines is 1. The normalized spacial score (nSPS) is 10.2. The highest BCUT2D eigenvalue weighted by Crippen LogP contribution is 2.17. The average molecular weight is 357 g/mol. The molecule has 1 amide bonds. The number of amides is 1. The van der Waals surface area contributed by atoms with E-state index in [0.717, 1.165) is 11.3 Å². The van der Waals surface area contributed by atoms with Crippen LogP contribution in [0.25, 0.3) is 0 Å². The minimum Gasteiger partial charge on any atom is -0.497 e. The van der Waals surface area contributed by atoms with Crippen LogP contribution in [0.4, 0.5) is 5.69 Å². The summed E-state index contributed by atoms with van der Waals surface area (Å²) in [7, 11) is 1.62. The number of carbonyl (C=O) groups excluding carboxylic acids is 1. The van der Waals surface area contributed by atoms with Crippen LogP contribution in [0, 0.1) is 0 Å². The van der Waals surface area contributed by atoms with Crippen molar-refractivity contribution in [1.82, 2.24) is 0 Å². The first-order valence-corrected chi connectivity index (χ1v) is 8.44. The zero-order valence-corrected chi connectivity index (χ0v) is 14.7. The Kier molecular flexibility index (Phi) is 7.49. The van der Waals surface area contributed by atoms with Crippen LogP contribution in [0.3, 0.4) is 0 Å². The van der Waals surface area contributed by atoms with E-state index in [4.69, 9.17) is 14.6 Å². The van der Waals surface area contributed by atoms with E-state index in [2.05, 4.69) is 5.32 Å². The second-order valence-electron chi connectivity index (χ2n) is 5.77. The Hall–Kier alpha value is -3.02. The number of ether oxygens (including phenoxy) is 2.